The SMILES string of the molecule is CC[C@@]1(C)NC(=O)N(CC(=O)OCC(=O)N2c3ccccc3NC(=O)C2(C)C)C1=O. The van der Waals surface area contributed by atoms with Crippen LogP contribution in [0.5, 0.6) is 0 Å². The van der Waals surface area contributed by atoms with E-state index >= 15 is 0 Å². The molecule has 2 aliphatic heterocycles. The van der Waals surface area contributed by atoms with E-state index in [0.29, 0.717) is 17.8 Å². The summed E-state index contributed by atoms with van der Waals surface area (Å²) < 4.78 is 5.03. The Labute approximate surface area is 173 Å². The van der Waals surface area contributed by atoms with Gasteiger partial charge in [0, 0.05) is 0 Å². The number of hydrogen-bond acceptors (Lipinski definition) is 6. The van der Waals surface area contributed by atoms with Crippen molar-refractivity contribution in [1.29, 1.82) is 0 Å². The van der Waals surface area contributed by atoms with Crippen molar-refractivity contribution in [3.05, 3.63) is 24.3 Å². The second-order valence-electron chi connectivity index (χ2n) is 7.93. The molecule has 2 aliphatic rings. The molecule has 5 amide bonds. The van der Waals surface area contributed by atoms with E-state index in [1.165, 1.54) is 4.90 Å². The summed E-state index contributed by atoms with van der Waals surface area (Å²) in [6.07, 6.45) is 0.368. The van der Waals surface area contributed by atoms with Crippen LogP contribution >= 0.6 is 0 Å². The van der Waals surface area contributed by atoms with Crippen LogP contribution in [0, 0.1) is 0 Å². The van der Waals surface area contributed by atoms with E-state index in [-0.39, 0.29) is 5.91 Å². The molecule has 0 saturated carbocycles. The van der Waals surface area contributed by atoms with Gasteiger partial charge in [0.25, 0.3) is 11.8 Å². The van der Waals surface area contributed by atoms with E-state index in [1.807, 2.05) is 0 Å². The van der Waals surface area contributed by atoms with E-state index in [0.717, 1.165) is 4.90 Å². The van der Waals surface area contributed by atoms with E-state index in [9.17, 15) is 24.0 Å². The molecule has 0 radical (unpaired) electrons. The molecule has 3 rings (SSSR count). The van der Waals surface area contributed by atoms with Gasteiger partial charge in [-0.25, -0.2) is 4.79 Å². The summed E-state index contributed by atoms with van der Waals surface area (Å²) in [6, 6.07) is 6.10. The largest absolute Gasteiger partial charge is 0.454 e. The Morgan fingerprint density at radius 2 is 1.77 bits per heavy atom. The van der Waals surface area contributed by atoms with Gasteiger partial charge in [-0.05, 0) is 39.3 Å². The van der Waals surface area contributed by atoms with Crippen molar-refractivity contribution in [3.8, 4) is 0 Å². The van der Waals surface area contributed by atoms with Crippen LogP contribution in [-0.4, -0.2) is 58.9 Å². The number of fused-ring (bicyclic) bond motifs is 1. The minimum absolute atomic E-state index is 0.368. The number of hydrogen-bond donors (Lipinski definition) is 2. The number of benzene rings is 1. The predicted molar refractivity (Wildman–Crippen MR) is 107 cm³/mol. The molecule has 0 unspecified atom stereocenters. The van der Waals surface area contributed by atoms with Gasteiger partial charge in [-0.1, -0.05) is 19.1 Å². The van der Waals surface area contributed by atoms with Crippen molar-refractivity contribution in [1.82, 2.24) is 10.2 Å². The van der Waals surface area contributed by atoms with Crippen LogP contribution in [0.4, 0.5) is 16.2 Å². The first-order valence-electron chi connectivity index (χ1n) is 9.54. The van der Waals surface area contributed by atoms with E-state index < -0.39 is 48.0 Å². The Hall–Kier alpha value is -3.43. The number of carbonyl (C=O) groups excluding carboxylic acids is 5. The van der Waals surface area contributed by atoms with Crippen LogP contribution < -0.4 is 15.5 Å². The molecule has 2 heterocycles. The van der Waals surface area contributed by atoms with Gasteiger partial charge in [0.05, 0.1) is 11.4 Å². The van der Waals surface area contributed by atoms with Crippen LogP contribution in [-0.2, 0) is 23.9 Å². The maximum atomic E-state index is 12.9. The summed E-state index contributed by atoms with van der Waals surface area (Å²) in [6.45, 7) is 5.23. The summed E-state index contributed by atoms with van der Waals surface area (Å²) in [5.74, 6) is -2.41. The quantitative estimate of drug-likeness (QED) is 0.545. The van der Waals surface area contributed by atoms with Crippen LogP contribution in [0.15, 0.2) is 24.3 Å². The first kappa shape index (κ1) is 21.3. The lowest BCUT2D eigenvalue weighted by atomic mass is 9.96. The molecule has 1 fully saturated rings. The summed E-state index contributed by atoms with van der Waals surface area (Å²) in [4.78, 5) is 63.9. The third-order valence-electron chi connectivity index (χ3n) is 5.45. The molecule has 30 heavy (non-hydrogen) atoms. The molecule has 2 N–H and O–H groups in total. The summed E-state index contributed by atoms with van der Waals surface area (Å²) in [7, 11) is 0. The minimum Gasteiger partial charge on any atom is -0.454 e. The minimum atomic E-state index is -1.20. The van der Waals surface area contributed by atoms with Gasteiger partial charge in [0.2, 0.25) is 5.91 Å². The smallest absolute Gasteiger partial charge is 0.326 e. The third kappa shape index (κ3) is 3.49. The normalized spacial score (nSPS) is 22.3. The zero-order valence-corrected chi connectivity index (χ0v) is 17.3. The molecule has 10 heteroatoms. The Bertz CT molecular complexity index is 943. The highest BCUT2D eigenvalue weighted by atomic mass is 16.5. The molecule has 1 atom stereocenters. The van der Waals surface area contributed by atoms with E-state index in [1.54, 1.807) is 52.0 Å². The fourth-order valence-corrected chi connectivity index (χ4v) is 3.41. The predicted octanol–water partition coefficient (Wildman–Crippen LogP) is 1.01. The van der Waals surface area contributed by atoms with Gasteiger partial charge in [-0.2, -0.15) is 0 Å². The Morgan fingerprint density at radius 3 is 2.40 bits per heavy atom. The van der Waals surface area contributed by atoms with Crippen molar-refractivity contribution in [2.45, 2.75) is 45.2 Å². The zero-order valence-electron chi connectivity index (χ0n) is 17.3. The molecule has 1 aromatic carbocycles. The van der Waals surface area contributed by atoms with Gasteiger partial charge in [-0.3, -0.25) is 29.0 Å². The zero-order chi connectivity index (χ0) is 22.3. The van der Waals surface area contributed by atoms with Crippen LogP contribution in [0.25, 0.3) is 0 Å². The summed E-state index contributed by atoms with van der Waals surface area (Å²) in [5.41, 5.74) is -1.32. The molecule has 0 aromatic heterocycles. The van der Waals surface area contributed by atoms with Crippen molar-refractivity contribution in [3.63, 3.8) is 0 Å². The third-order valence-corrected chi connectivity index (χ3v) is 5.45. The van der Waals surface area contributed by atoms with Crippen molar-refractivity contribution < 1.29 is 28.7 Å². The van der Waals surface area contributed by atoms with Crippen molar-refractivity contribution in [2.24, 2.45) is 0 Å². The lowest BCUT2D eigenvalue weighted by Gasteiger charge is -2.41. The molecule has 0 spiro atoms. The van der Waals surface area contributed by atoms with Crippen molar-refractivity contribution >= 4 is 41.1 Å². The number of nitrogens with zero attached hydrogens (tertiary/aromatic N) is 2. The summed E-state index contributed by atoms with van der Waals surface area (Å²) >= 11 is 0. The highest BCUT2D eigenvalue weighted by molar-refractivity contribution is 6.14. The fourth-order valence-electron chi connectivity index (χ4n) is 3.41. The Kier molecular flexibility index (Phi) is 5.27. The maximum Gasteiger partial charge on any atom is 0.326 e. The number of esters is 1. The molecule has 1 aromatic rings. The van der Waals surface area contributed by atoms with Gasteiger partial charge < -0.3 is 15.4 Å². The molecule has 10 nitrogen and oxygen atoms in total. The maximum absolute atomic E-state index is 12.9. The first-order valence-corrected chi connectivity index (χ1v) is 9.54. The number of anilines is 2. The average molecular weight is 416 g/mol. The van der Waals surface area contributed by atoms with Crippen LogP contribution in [0.1, 0.15) is 34.1 Å². The lowest BCUT2D eigenvalue weighted by Crippen LogP contribution is -2.59. The molecular weight excluding hydrogens is 392 g/mol. The lowest BCUT2D eigenvalue weighted by molar-refractivity contribution is -0.150. The molecule has 0 bridgehead atoms. The van der Waals surface area contributed by atoms with Crippen molar-refractivity contribution in [2.75, 3.05) is 23.4 Å². The monoisotopic (exact) mass is 416 g/mol. The second-order valence-corrected chi connectivity index (χ2v) is 7.93. The van der Waals surface area contributed by atoms with Gasteiger partial charge in [0.1, 0.15) is 17.6 Å². The van der Waals surface area contributed by atoms with Gasteiger partial charge in [-0.15, -0.1) is 0 Å². The van der Waals surface area contributed by atoms with Gasteiger partial charge in [0.15, 0.2) is 6.61 Å². The Morgan fingerprint density at radius 1 is 1.10 bits per heavy atom. The van der Waals surface area contributed by atoms with E-state index in [4.69, 9.17) is 4.74 Å². The number of ether oxygens (including phenoxy) is 1. The molecule has 160 valence electrons. The topological polar surface area (TPSA) is 125 Å². The number of carbonyl (C=O) groups is 5. The second kappa shape index (κ2) is 7.43. The molecule has 1 saturated heterocycles. The number of amides is 5. The number of imide groups is 1. The fraction of sp³-hybridized carbons (Fsp3) is 0.450. The average Bonchev–Trinajstić information content (AvgIpc) is 2.90. The molecule has 0 aliphatic carbocycles. The highest BCUT2D eigenvalue weighted by Crippen LogP contribution is 2.36. The van der Waals surface area contributed by atoms with Gasteiger partial charge >= 0.3 is 12.0 Å². The number of rotatable bonds is 5. The Balaban J connectivity index is 1.68. The number of nitrogens with one attached hydrogen (secondary N) is 2. The first-order chi connectivity index (χ1) is 14.0. The molecular formula is C20H24N4O6. The van der Waals surface area contributed by atoms with Crippen LogP contribution in [0.2, 0.25) is 0 Å². The number of para-hydroxylation sites is 2. The standard InChI is InChI=1S/C20H24N4O6/c1-5-20(4)17(28)23(18(29)22-20)10-15(26)30-11-14(25)24-13-9-7-6-8-12(13)21-16(27)19(24,2)3/h6-9H,5,10-11H2,1-4H3,(H,21,27)(H,22,29)/t20-/m1/s1. The number of urea groups is 1. The highest BCUT2D eigenvalue weighted by Gasteiger charge is 2.47. The van der Waals surface area contributed by atoms with E-state index in [2.05, 4.69) is 10.6 Å². The summed E-state index contributed by atoms with van der Waals surface area (Å²) in [5, 5.41) is 5.28. The van der Waals surface area contributed by atoms with Crippen LogP contribution in [0.3, 0.4) is 0 Å².